The number of carbonyl (C=O) groups excluding carboxylic acids is 1. The van der Waals surface area contributed by atoms with Crippen LogP contribution in [0.15, 0.2) is 24.5 Å². The van der Waals surface area contributed by atoms with Gasteiger partial charge in [0, 0.05) is 41.3 Å². The topological polar surface area (TPSA) is 54.5 Å². The molecular formula is C18H14Cl3N3O2S. The van der Waals surface area contributed by atoms with E-state index in [1.54, 1.807) is 35.0 Å². The highest BCUT2D eigenvalue weighted by Gasteiger charge is 2.26. The number of aromatic nitrogens is 1. The molecule has 0 aliphatic carbocycles. The number of amides is 1. The van der Waals surface area contributed by atoms with Gasteiger partial charge in [-0.05, 0) is 35.9 Å². The Morgan fingerprint density at radius 1 is 1.30 bits per heavy atom. The van der Waals surface area contributed by atoms with E-state index in [2.05, 4.69) is 10.3 Å². The number of fused-ring (bicyclic) bond motifs is 3. The molecule has 1 N–H and O–H groups in total. The molecule has 4 rings (SSSR count). The molecule has 1 aliphatic rings. The fourth-order valence-electron chi connectivity index (χ4n) is 3.21. The summed E-state index contributed by atoms with van der Waals surface area (Å²) in [5, 5.41) is 4.28. The van der Waals surface area contributed by atoms with E-state index in [0.29, 0.717) is 17.8 Å². The number of carbonyl (C=O) groups is 1. The summed E-state index contributed by atoms with van der Waals surface area (Å²) in [7, 11) is 1.62. The molecule has 140 valence electrons. The molecule has 0 spiro atoms. The van der Waals surface area contributed by atoms with Crippen LogP contribution in [0.1, 0.15) is 20.8 Å². The average Bonchev–Trinajstić information content (AvgIpc) is 3.02. The van der Waals surface area contributed by atoms with E-state index in [0.717, 1.165) is 39.2 Å². The van der Waals surface area contributed by atoms with Gasteiger partial charge in [0.05, 0.1) is 27.5 Å². The van der Waals surface area contributed by atoms with Crippen LogP contribution in [0.3, 0.4) is 0 Å². The van der Waals surface area contributed by atoms with Gasteiger partial charge in [-0.2, -0.15) is 0 Å². The maximum Gasteiger partial charge on any atom is 0.256 e. The molecule has 5 nitrogen and oxygen atoms in total. The molecule has 0 bridgehead atoms. The number of pyridine rings is 1. The van der Waals surface area contributed by atoms with Gasteiger partial charge in [0.2, 0.25) is 0 Å². The van der Waals surface area contributed by atoms with Crippen LogP contribution in [0.2, 0.25) is 10.0 Å². The molecule has 0 atom stereocenters. The van der Waals surface area contributed by atoms with Crippen LogP contribution in [-0.2, 0) is 13.0 Å². The van der Waals surface area contributed by atoms with Crippen molar-refractivity contribution in [2.45, 2.75) is 13.0 Å². The monoisotopic (exact) mass is 441 g/mol. The second kappa shape index (κ2) is 7.45. The van der Waals surface area contributed by atoms with Crippen LogP contribution in [0.25, 0.3) is 10.1 Å². The quantitative estimate of drug-likeness (QED) is 0.554. The number of anilines is 1. The van der Waals surface area contributed by atoms with E-state index in [-0.39, 0.29) is 16.0 Å². The van der Waals surface area contributed by atoms with Crippen molar-refractivity contribution < 1.29 is 9.53 Å². The average molecular weight is 443 g/mol. The Morgan fingerprint density at radius 2 is 2.04 bits per heavy atom. The minimum Gasteiger partial charge on any atom is -0.495 e. The molecule has 3 heterocycles. The molecule has 1 aromatic carbocycles. The van der Waals surface area contributed by atoms with Gasteiger partial charge in [-0.15, -0.1) is 11.3 Å². The van der Waals surface area contributed by atoms with E-state index >= 15 is 0 Å². The lowest BCUT2D eigenvalue weighted by molar-refractivity contribution is 0.102. The summed E-state index contributed by atoms with van der Waals surface area (Å²) in [6.07, 6.45) is 3.64. The van der Waals surface area contributed by atoms with Crippen molar-refractivity contribution in [2.75, 3.05) is 19.0 Å². The van der Waals surface area contributed by atoms with Gasteiger partial charge in [-0.25, -0.2) is 4.42 Å². The van der Waals surface area contributed by atoms with E-state index in [9.17, 15) is 4.79 Å². The number of ether oxygens (including phenoxy) is 1. The summed E-state index contributed by atoms with van der Waals surface area (Å²) in [6, 6.07) is 3.56. The minimum atomic E-state index is -0.286. The SMILES string of the molecule is COc1ccc(C(=O)Nc2c(Cl)cncc2Cl)c2c3c(sc12)CN(Cl)CC3. The largest absolute Gasteiger partial charge is 0.495 e. The van der Waals surface area contributed by atoms with Gasteiger partial charge in [0.25, 0.3) is 5.91 Å². The Kier molecular flexibility index (Phi) is 5.18. The number of hydrogen-bond acceptors (Lipinski definition) is 5. The number of benzene rings is 1. The molecule has 0 saturated carbocycles. The molecule has 1 amide bonds. The second-order valence-electron chi connectivity index (χ2n) is 6.05. The van der Waals surface area contributed by atoms with Crippen molar-refractivity contribution in [3.8, 4) is 5.75 Å². The van der Waals surface area contributed by atoms with E-state index in [1.165, 1.54) is 12.4 Å². The summed E-state index contributed by atoms with van der Waals surface area (Å²) in [5.74, 6) is 0.452. The fraction of sp³-hybridized carbons (Fsp3) is 0.222. The molecule has 0 saturated heterocycles. The molecule has 27 heavy (non-hydrogen) atoms. The number of halogens is 3. The van der Waals surface area contributed by atoms with Crippen molar-refractivity contribution in [1.82, 2.24) is 9.40 Å². The number of methoxy groups -OCH3 is 1. The number of thiophene rings is 1. The fourth-order valence-corrected chi connectivity index (χ4v) is 5.33. The second-order valence-corrected chi connectivity index (χ2v) is 8.45. The molecule has 9 heteroatoms. The van der Waals surface area contributed by atoms with Gasteiger partial charge in [-0.3, -0.25) is 9.78 Å². The zero-order chi connectivity index (χ0) is 19.1. The Hall–Kier alpha value is -1.57. The van der Waals surface area contributed by atoms with Crippen molar-refractivity contribution in [3.63, 3.8) is 0 Å². The van der Waals surface area contributed by atoms with Crippen LogP contribution in [0.4, 0.5) is 5.69 Å². The van der Waals surface area contributed by atoms with Gasteiger partial charge in [-0.1, -0.05) is 23.2 Å². The van der Waals surface area contributed by atoms with Crippen LogP contribution in [0.5, 0.6) is 5.75 Å². The highest BCUT2D eigenvalue weighted by molar-refractivity contribution is 7.19. The first kappa shape index (κ1) is 18.8. The summed E-state index contributed by atoms with van der Waals surface area (Å²) < 4.78 is 8.19. The smallest absolute Gasteiger partial charge is 0.256 e. The lowest BCUT2D eigenvalue weighted by Crippen LogP contribution is -2.21. The van der Waals surface area contributed by atoms with Gasteiger partial charge < -0.3 is 10.1 Å². The summed E-state index contributed by atoms with van der Waals surface area (Å²) in [4.78, 5) is 18.1. The number of nitrogens with zero attached hydrogens (tertiary/aromatic N) is 2. The molecule has 2 aromatic heterocycles. The summed E-state index contributed by atoms with van der Waals surface area (Å²) in [6.45, 7) is 1.36. The van der Waals surface area contributed by atoms with E-state index in [4.69, 9.17) is 39.7 Å². The molecule has 1 aliphatic heterocycles. The van der Waals surface area contributed by atoms with Crippen molar-refractivity contribution in [2.24, 2.45) is 0 Å². The van der Waals surface area contributed by atoms with Gasteiger partial charge in [0.1, 0.15) is 5.75 Å². The number of nitrogens with one attached hydrogen (secondary N) is 1. The first-order valence-corrected chi connectivity index (χ1v) is 10.0. The predicted octanol–water partition coefficient (Wildman–Crippen LogP) is 5.38. The zero-order valence-corrected chi connectivity index (χ0v) is 17.3. The van der Waals surface area contributed by atoms with E-state index in [1.807, 2.05) is 0 Å². The third-order valence-electron chi connectivity index (χ3n) is 4.46. The predicted molar refractivity (Wildman–Crippen MR) is 111 cm³/mol. The van der Waals surface area contributed by atoms with Crippen molar-refractivity contribution >= 4 is 68.0 Å². The lowest BCUT2D eigenvalue weighted by Gasteiger charge is -2.20. The highest BCUT2D eigenvalue weighted by Crippen LogP contribution is 2.42. The van der Waals surface area contributed by atoms with Crippen molar-refractivity contribution in [3.05, 3.63) is 50.6 Å². The highest BCUT2D eigenvalue weighted by atomic mass is 35.5. The molecule has 0 fully saturated rings. The van der Waals surface area contributed by atoms with Crippen molar-refractivity contribution in [1.29, 1.82) is 0 Å². The third kappa shape index (κ3) is 3.37. The maximum atomic E-state index is 13.1. The Morgan fingerprint density at radius 3 is 2.74 bits per heavy atom. The molecule has 3 aromatic rings. The maximum absolute atomic E-state index is 13.1. The molecule has 0 radical (unpaired) electrons. The van der Waals surface area contributed by atoms with Gasteiger partial charge >= 0.3 is 0 Å². The van der Waals surface area contributed by atoms with Crippen LogP contribution >= 0.6 is 46.3 Å². The first-order valence-electron chi connectivity index (χ1n) is 8.12. The van der Waals surface area contributed by atoms with Gasteiger partial charge in [0.15, 0.2) is 0 Å². The normalized spacial score (nSPS) is 14.2. The minimum absolute atomic E-state index is 0.283. The lowest BCUT2D eigenvalue weighted by atomic mass is 9.99. The van der Waals surface area contributed by atoms with Crippen LogP contribution in [0, 0.1) is 0 Å². The third-order valence-corrected chi connectivity index (χ3v) is 6.55. The first-order chi connectivity index (χ1) is 13.0. The van der Waals surface area contributed by atoms with Crippen LogP contribution in [-0.4, -0.2) is 29.0 Å². The Labute approximate surface area is 174 Å². The Bertz CT molecular complexity index is 1030. The number of rotatable bonds is 3. The molecular weight excluding hydrogens is 429 g/mol. The van der Waals surface area contributed by atoms with Crippen LogP contribution < -0.4 is 10.1 Å². The number of hydrogen-bond donors (Lipinski definition) is 1. The molecule has 0 unspecified atom stereocenters. The van der Waals surface area contributed by atoms with E-state index < -0.39 is 0 Å². The summed E-state index contributed by atoms with van der Waals surface area (Å²) in [5.41, 5.74) is 2.04. The summed E-state index contributed by atoms with van der Waals surface area (Å²) >= 11 is 20.1. The standard InChI is InChI=1S/C18H14Cl3N3O2S/c1-26-13-3-2-10(18(25)23-16-11(19)6-22-7-12(16)20)15-9-4-5-24(21)8-14(9)27-17(13)15/h2-3,6-7H,4-5,8H2,1H3,(H,22,23,25). The zero-order valence-electron chi connectivity index (χ0n) is 14.2. The Balaban J connectivity index is 1.83.